The molecule has 1 atom stereocenters. The third-order valence-corrected chi connectivity index (χ3v) is 4.01. The SMILES string of the molecule is O=C(O)/C=C/NCCCCC(Oc1ccc(C(F)(F)F)cc1)c1ccccc1. The molecule has 0 aliphatic rings. The van der Waals surface area contributed by atoms with Gasteiger partial charge in [-0.15, -0.1) is 0 Å². The van der Waals surface area contributed by atoms with Crippen LogP contribution in [0.15, 0.2) is 66.9 Å². The number of ether oxygens (including phenoxy) is 1. The van der Waals surface area contributed by atoms with E-state index >= 15 is 0 Å². The van der Waals surface area contributed by atoms with E-state index in [2.05, 4.69) is 5.32 Å². The van der Waals surface area contributed by atoms with Crippen molar-refractivity contribution in [2.75, 3.05) is 6.54 Å². The monoisotopic (exact) mass is 393 g/mol. The molecule has 0 spiro atoms. The summed E-state index contributed by atoms with van der Waals surface area (Å²) in [5.41, 5.74) is 0.234. The fraction of sp³-hybridized carbons (Fsp3) is 0.286. The van der Waals surface area contributed by atoms with Crippen molar-refractivity contribution in [1.82, 2.24) is 5.32 Å². The number of hydrogen-bond donors (Lipinski definition) is 2. The van der Waals surface area contributed by atoms with E-state index in [-0.39, 0.29) is 6.10 Å². The van der Waals surface area contributed by atoms with Crippen LogP contribution >= 0.6 is 0 Å². The Bertz CT molecular complexity index is 759. The zero-order chi connectivity index (χ0) is 20.4. The molecule has 2 aromatic rings. The van der Waals surface area contributed by atoms with Crippen LogP contribution in [0.4, 0.5) is 13.2 Å². The van der Waals surface area contributed by atoms with E-state index in [9.17, 15) is 18.0 Å². The second-order valence-corrected chi connectivity index (χ2v) is 6.16. The van der Waals surface area contributed by atoms with E-state index in [1.165, 1.54) is 18.3 Å². The number of rotatable bonds is 10. The molecule has 2 N–H and O–H groups in total. The van der Waals surface area contributed by atoms with Gasteiger partial charge < -0.3 is 15.2 Å². The lowest BCUT2D eigenvalue weighted by Crippen LogP contribution is -2.11. The molecule has 0 heterocycles. The van der Waals surface area contributed by atoms with Crippen LogP contribution in [-0.2, 0) is 11.0 Å². The lowest BCUT2D eigenvalue weighted by Gasteiger charge is -2.20. The van der Waals surface area contributed by atoms with E-state index in [0.717, 1.165) is 36.6 Å². The van der Waals surface area contributed by atoms with Gasteiger partial charge in [-0.05, 0) is 49.1 Å². The first-order chi connectivity index (χ1) is 13.4. The van der Waals surface area contributed by atoms with Gasteiger partial charge in [0.05, 0.1) is 5.56 Å². The van der Waals surface area contributed by atoms with Crippen molar-refractivity contribution < 1.29 is 27.8 Å². The highest BCUT2D eigenvalue weighted by Crippen LogP contribution is 2.32. The van der Waals surface area contributed by atoms with Gasteiger partial charge in [0, 0.05) is 18.8 Å². The van der Waals surface area contributed by atoms with E-state index in [1.54, 1.807) is 0 Å². The zero-order valence-electron chi connectivity index (χ0n) is 15.2. The summed E-state index contributed by atoms with van der Waals surface area (Å²) in [4.78, 5) is 10.4. The maximum absolute atomic E-state index is 12.7. The number of hydrogen-bond acceptors (Lipinski definition) is 3. The van der Waals surface area contributed by atoms with Crippen molar-refractivity contribution in [1.29, 1.82) is 0 Å². The molecule has 0 aliphatic carbocycles. The summed E-state index contributed by atoms with van der Waals surface area (Å²) < 4.78 is 44.1. The van der Waals surface area contributed by atoms with Crippen LogP contribution in [0.1, 0.15) is 36.5 Å². The van der Waals surface area contributed by atoms with E-state index in [0.29, 0.717) is 18.7 Å². The van der Waals surface area contributed by atoms with E-state index < -0.39 is 17.7 Å². The summed E-state index contributed by atoms with van der Waals surface area (Å²) in [6.45, 7) is 0.617. The van der Waals surface area contributed by atoms with Crippen molar-refractivity contribution in [3.63, 3.8) is 0 Å². The molecule has 0 amide bonds. The lowest BCUT2D eigenvalue weighted by atomic mass is 10.0. The molecule has 0 saturated carbocycles. The molecule has 0 aromatic heterocycles. The maximum atomic E-state index is 12.7. The Labute approximate surface area is 161 Å². The first-order valence-electron chi connectivity index (χ1n) is 8.88. The number of nitrogens with one attached hydrogen (secondary N) is 1. The topological polar surface area (TPSA) is 58.6 Å². The molecule has 150 valence electrons. The Morgan fingerprint density at radius 2 is 1.75 bits per heavy atom. The second kappa shape index (κ2) is 10.4. The van der Waals surface area contributed by atoms with E-state index in [1.807, 2.05) is 30.3 Å². The fourth-order valence-electron chi connectivity index (χ4n) is 2.62. The summed E-state index contributed by atoms with van der Waals surface area (Å²) in [5, 5.41) is 11.4. The fourth-order valence-corrected chi connectivity index (χ4v) is 2.62. The van der Waals surface area contributed by atoms with Crippen molar-refractivity contribution in [3.8, 4) is 5.75 Å². The minimum Gasteiger partial charge on any atom is -0.486 e. The van der Waals surface area contributed by atoms with Crippen molar-refractivity contribution >= 4 is 5.97 Å². The van der Waals surface area contributed by atoms with Crippen LogP contribution in [0.2, 0.25) is 0 Å². The minimum atomic E-state index is -4.38. The zero-order valence-corrected chi connectivity index (χ0v) is 15.2. The Morgan fingerprint density at radius 3 is 2.36 bits per heavy atom. The van der Waals surface area contributed by atoms with E-state index in [4.69, 9.17) is 9.84 Å². The number of carbonyl (C=O) groups is 1. The van der Waals surface area contributed by atoms with Crippen LogP contribution in [-0.4, -0.2) is 17.6 Å². The van der Waals surface area contributed by atoms with Gasteiger partial charge in [0.15, 0.2) is 0 Å². The summed E-state index contributed by atoms with van der Waals surface area (Å²) in [7, 11) is 0. The van der Waals surface area contributed by atoms with Crippen molar-refractivity contribution in [3.05, 3.63) is 78.0 Å². The number of carboxylic acids is 1. The molecule has 28 heavy (non-hydrogen) atoms. The average molecular weight is 393 g/mol. The molecule has 1 unspecified atom stereocenters. The smallest absolute Gasteiger partial charge is 0.416 e. The largest absolute Gasteiger partial charge is 0.486 e. The standard InChI is InChI=1S/C21H22F3NO3/c22-21(23,24)17-9-11-18(12-10-17)28-19(16-6-2-1-3-7-16)8-4-5-14-25-15-13-20(26)27/h1-3,6-7,9-13,15,19,25H,4-5,8,14H2,(H,26,27)/b15-13+. The van der Waals surface area contributed by atoms with Crippen LogP contribution in [0.25, 0.3) is 0 Å². The third kappa shape index (κ3) is 7.34. The number of carboxylic acid groups (broad SMARTS) is 1. The number of unbranched alkanes of at least 4 members (excludes halogenated alkanes) is 1. The summed E-state index contributed by atoms with van der Waals surface area (Å²) in [6, 6.07) is 14.2. The summed E-state index contributed by atoms with van der Waals surface area (Å²) in [5.74, 6) is -0.633. The van der Waals surface area contributed by atoms with Gasteiger partial charge in [-0.1, -0.05) is 30.3 Å². The Hall–Kier alpha value is -2.96. The molecule has 2 rings (SSSR count). The number of alkyl halides is 3. The van der Waals surface area contributed by atoms with Gasteiger partial charge in [0.2, 0.25) is 0 Å². The average Bonchev–Trinajstić information content (AvgIpc) is 2.66. The molecule has 2 aromatic carbocycles. The summed E-state index contributed by atoms with van der Waals surface area (Å²) >= 11 is 0. The molecular formula is C21H22F3NO3. The van der Waals surface area contributed by atoms with Gasteiger partial charge in [-0.2, -0.15) is 13.2 Å². The molecule has 7 heteroatoms. The minimum absolute atomic E-state index is 0.285. The highest BCUT2D eigenvalue weighted by atomic mass is 19.4. The molecule has 0 radical (unpaired) electrons. The molecule has 4 nitrogen and oxygen atoms in total. The third-order valence-electron chi connectivity index (χ3n) is 4.01. The number of benzene rings is 2. The molecule has 0 aliphatic heterocycles. The Kier molecular flexibility index (Phi) is 7.92. The first kappa shape index (κ1) is 21.3. The highest BCUT2D eigenvalue weighted by Gasteiger charge is 2.30. The first-order valence-corrected chi connectivity index (χ1v) is 8.88. The predicted octanol–water partition coefficient (Wildman–Crippen LogP) is 5.18. The molecule has 0 fully saturated rings. The van der Waals surface area contributed by atoms with Gasteiger partial charge in [-0.25, -0.2) is 4.79 Å². The predicted molar refractivity (Wildman–Crippen MR) is 99.9 cm³/mol. The van der Waals surface area contributed by atoms with Crippen molar-refractivity contribution in [2.45, 2.75) is 31.5 Å². The maximum Gasteiger partial charge on any atom is 0.416 e. The normalized spacial score (nSPS) is 12.7. The summed E-state index contributed by atoms with van der Waals surface area (Å²) in [6.07, 6.45) is 0.0236. The quantitative estimate of drug-likeness (QED) is 0.431. The number of aliphatic carboxylic acids is 1. The van der Waals surface area contributed by atoms with Crippen molar-refractivity contribution in [2.24, 2.45) is 0 Å². The molecular weight excluding hydrogens is 371 g/mol. The van der Waals surface area contributed by atoms with Crippen LogP contribution in [0, 0.1) is 0 Å². The van der Waals surface area contributed by atoms with Gasteiger partial charge in [0.1, 0.15) is 11.9 Å². The van der Waals surface area contributed by atoms with Crippen LogP contribution in [0.3, 0.4) is 0 Å². The van der Waals surface area contributed by atoms with Gasteiger partial charge >= 0.3 is 12.1 Å². The highest BCUT2D eigenvalue weighted by molar-refractivity contribution is 5.79. The lowest BCUT2D eigenvalue weighted by molar-refractivity contribution is -0.137. The molecule has 0 bridgehead atoms. The van der Waals surface area contributed by atoms with Crippen LogP contribution < -0.4 is 10.1 Å². The Morgan fingerprint density at radius 1 is 1.07 bits per heavy atom. The van der Waals surface area contributed by atoms with Gasteiger partial charge in [-0.3, -0.25) is 0 Å². The number of halogens is 3. The van der Waals surface area contributed by atoms with Gasteiger partial charge in [0.25, 0.3) is 0 Å². The Balaban J connectivity index is 1.94. The second-order valence-electron chi connectivity index (χ2n) is 6.16. The molecule has 0 saturated heterocycles. The van der Waals surface area contributed by atoms with Crippen LogP contribution in [0.5, 0.6) is 5.75 Å².